The molecule has 1 heterocycles. The van der Waals surface area contributed by atoms with Gasteiger partial charge in [-0.3, -0.25) is 4.90 Å². The summed E-state index contributed by atoms with van der Waals surface area (Å²) in [5.74, 6) is 0.976. The topological polar surface area (TPSA) is 21.7 Å². The zero-order valence-corrected chi connectivity index (χ0v) is 13.4. The molecule has 1 aliphatic heterocycles. The van der Waals surface area contributed by atoms with Crippen LogP contribution in [0.1, 0.15) is 26.3 Å². The smallest absolute Gasteiger partial charge is 0.124 e. The fourth-order valence-electron chi connectivity index (χ4n) is 2.60. The maximum absolute atomic E-state index is 5.77. The van der Waals surface area contributed by atoms with Crippen LogP contribution in [0.25, 0.3) is 0 Å². The minimum Gasteiger partial charge on any atom is -0.494 e. The van der Waals surface area contributed by atoms with E-state index in [1.165, 1.54) is 5.56 Å². The number of nitrogens with zero attached hydrogens (tertiary/aromatic N) is 1. The van der Waals surface area contributed by atoms with E-state index >= 15 is 0 Å². The van der Waals surface area contributed by atoms with Crippen molar-refractivity contribution < 1.29 is 9.47 Å². The molecule has 0 N–H and O–H groups in total. The third kappa shape index (κ3) is 4.20. The number of ether oxygens (including phenoxy) is 2. The summed E-state index contributed by atoms with van der Waals surface area (Å²) < 4.78 is 12.6. The summed E-state index contributed by atoms with van der Waals surface area (Å²) in [6.07, 6.45) is 0.601. The van der Waals surface area contributed by atoms with Gasteiger partial charge < -0.3 is 9.47 Å². The molecule has 4 heteroatoms. The van der Waals surface area contributed by atoms with Gasteiger partial charge in [0.25, 0.3) is 0 Å². The first-order chi connectivity index (χ1) is 9.08. The maximum Gasteiger partial charge on any atom is 0.124 e. The number of rotatable bonds is 4. The van der Waals surface area contributed by atoms with Crippen molar-refractivity contribution in [3.63, 3.8) is 0 Å². The Hall–Kier alpha value is -0.580. The lowest BCUT2D eigenvalue weighted by molar-refractivity contribution is -0.0706. The molecule has 1 aromatic rings. The quantitative estimate of drug-likeness (QED) is 0.845. The van der Waals surface area contributed by atoms with E-state index in [9.17, 15) is 0 Å². The fraction of sp³-hybridized carbons (Fsp3) is 0.600. The Morgan fingerprint density at radius 3 is 2.63 bits per heavy atom. The van der Waals surface area contributed by atoms with E-state index in [1.54, 1.807) is 0 Å². The Morgan fingerprint density at radius 1 is 1.32 bits per heavy atom. The molecular formula is C15H22BrNO2. The molecule has 0 aliphatic carbocycles. The molecule has 0 radical (unpaired) electrons. The number of hydrogen-bond acceptors (Lipinski definition) is 3. The van der Waals surface area contributed by atoms with Gasteiger partial charge >= 0.3 is 0 Å². The molecule has 1 aromatic carbocycles. The van der Waals surface area contributed by atoms with E-state index in [0.717, 1.165) is 29.9 Å². The molecule has 0 amide bonds. The second kappa shape index (κ2) is 6.73. The van der Waals surface area contributed by atoms with Crippen LogP contribution < -0.4 is 4.74 Å². The zero-order chi connectivity index (χ0) is 13.8. The first-order valence-corrected chi connectivity index (χ1v) is 7.66. The van der Waals surface area contributed by atoms with Crippen LogP contribution in [0.2, 0.25) is 0 Å². The van der Waals surface area contributed by atoms with Gasteiger partial charge in [-0.1, -0.05) is 22.0 Å². The van der Waals surface area contributed by atoms with Gasteiger partial charge in [-0.2, -0.15) is 0 Å². The highest BCUT2D eigenvalue weighted by molar-refractivity contribution is 9.10. The molecule has 0 spiro atoms. The van der Waals surface area contributed by atoms with Gasteiger partial charge in [0, 0.05) is 29.7 Å². The van der Waals surface area contributed by atoms with E-state index in [0.29, 0.717) is 18.8 Å². The van der Waals surface area contributed by atoms with Gasteiger partial charge in [-0.05, 0) is 32.9 Å². The molecule has 0 aromatic heterocycles. The minimum atomic E-state index is 0.301. The predicted molar refractivity (Wildman–Crippen MR) is 80.6 cm³/mol. The monoisotopic (exact) mass is 327 g/mol. The minimum absolute atomic E-state index is 0.301. The highest BCUT2D eigenvalue weighted by atomic mass is 79.9. The van der Waals surface area contributed by atoms with Crippen LogP contribution in [0.5, 0.6) is 5.75 Å². The van der Waals surface area contributed by atoms with Crippen molar-refractivity contribution in [2.75, 3.05) is 19.7 Å². The molecule has 2 atom stereocenters. The van der Waals surface area contributed by atoms with Crippen molar-refractivity contribution in [3.8, 4) is 5.75 Å². The SMILES string of the molecule is CCOc1cc(Br)ccc1CN1CC(C)O[C@@H](C)C1. The van der Waals surface area contributed by atoms with E-state index in [1.807, 2.05) is 13.0 Å². The molecule has 1 fully saturated rings. The molecule has 0 saturated carbocycles. The first kappa shape index (κ1) is 14.8. The zero-order valence-electron chi connectivity index (χ0n) is 11.9. The van der Waals surface area contributed by atoms with Crippen LogP contribution in [0.3, 0.4) is 0 Å². The molecule has 0 bridgehead atoms. The summed E-state index contributed by atoms with van der Waals surface area (Å²) in [7, 11) is 0. The van der Waals surface area contributed by atoms with Crippen LogP contribution in [0.4, 0.5) is 0 Å². The van der Waals surface area contributed by atoms with Gasteiger partial charge in [0.1, 0.15) is 5.75 Å². The third-order valence-corrected chi connectivity index (χ3v) is 3.71. The summed E-state index contributed by atoms with van der Waals surface area (Å²) >= 11 is 3.50. The van der Waals surface area contributed by atoms with Crippen molar-refractivity contribution in [2.24, 2.45) is 0 Å². The first-order valence-electron chi connectivity index (χ1n) is 6.87. The molecular weight excluding hydrogens is 306 g/mol. The largest absolute Gasteiger partial charge is 0.494 e. The summed E-state index contributed by atoms with van der Waals surface area (Å²) in [6, 6.07) is 6.26. The van der Waals surface area contributed by atoms with Crippen molar-refractivity contribution >= 4 is 15.9 Å². The highest BCUT2D eigenvalue weighted by Crippen LogP contribution is 2.26. The van der Waals surface area contributed by atoms with E-state index < -0.39 is 0 Å². The Kier molecular flexibility index (Phi) is 5.25. The van der Waals surface area contributed by atoms with Crippen LogP contribution in [-0.4, -0.2) is 36.8 Å². The molecule has 19 heavy (non-hydrogen) atoms. The van der Waals surface area contributed by atoms with Crippen molar-refractivity contribution in [3.05, 3.63) is 28.2 Å². The fourth-order valence-corrected chi connectivity index (χ4v) is 2.94. The Bertz CT molecular complexity index is 415. The van der Waals surface area contributed by atoms with E-state index in [-0.39, 0.29) is 0 Å². The summed E-state index contributed by atoms with van der Waals surface area (Å²) in [5, 5.41) is 0. The number of morpholine rings is 1. The number of halogens is 1. The summed E-state index contributed by atoms with van der Waals surface area (Å²) in [4.78, 5) is 2.44. The molecule has 1 unspecified atom stereocenters. The standard InChI is InChI=1S/C15H22BrNO2/c1-4-18-15-7-14(16)6-5-13(15)10-17-8-11(2)19-12(3)9-17/h5-7,11-12H,4,8-10H2,1-3H3/t11-,12?/m0/s1. The maximum atomic E-state index is 5.77. The van der Waals surface area contributed by atoms with Gasteiger partial charge in [0.15, 0.2) is 0 Å². The number of hydrogen-bond donors (Lipinski definition) is 0. The lowest BCUT2D eigenvalue weighted by atomic mass is 10.1. The van der Waals surface area contributed by atoms with Crippen LogP contribution >= 0.6 is 15.9 Å². The van der Waals surface area contributed by atoms with Gasteiger partial charge in [0.2, 0.25) is 0 Å². The van der Waals surface area contributed by atoms with E-state index in [4.69, 9.17) is 9.47 Å². The van der Waals surface area contributed by atoms with Crippen LogP contribution in [0.15, 0.2) is 22.7 Å². The Morgan fingerprint density at radius 2 is 2.00 bits per heavy atom. The highest BCUT2D eigenvalue weighted by Gasteiger charge is 2.22. The Labute approximate surface area is 124 Å². The summed E-state index contributed by atoms with van der Waals surface area (Å²) in [6.45, 7) is 9.85. The lowest BCUT2D eigenvalue weighted by Gasteiger charge is -2.35. The van der Waals surface area contributed by atoms with Crippen molar-refractivity contribution in [1.29, 1.82) is 0 Å². The molecule has 106 valence electrons. The average molecular weight is 328 g/mol. The third-order valence-electron chi connectivity index (χ3n) is 3.22. The molecule has 1 saturated heterocycles. The van der Waals surface area contributed by atoms with Gasteiger partial charge in [-0.25, -0.2) is 0 Å². The summed E-state index contributed by atoms with van der Waals surface area (Å²) in [5.41, 5.74) is 1.24. The lowest BCUT2D eigenvalue weighted by Crippen LogP contribution is -2.44. The van der Waals surface area contributed by atoms with Gasteiger partial charge in [-0.15, -0.1) is 0 Å². The average Bonchev–Trinajstić information content (AvgIpc) is 2.32. The predicted octanol–water partition coefficient (Wildman–Crippen LogP) is 3.46. The second-order valence-corrected chi connectivity index (χ2v) is 6.05. The van der Waals surface area contributed by atoms with Crippen LogP contribution in [-0.2, 0) is 11.3 Å². The normalized spacial score (nSPS) is 24.4. The number of benzene rings is 1. The van der Waals surface area contributed by atoms with Gasteiger partial charge in [0.05, 0.1) is 18.8 Å². The molecule has 2 rings (SSSR count). The van der Waals surface area contributed by atoms with E-state index in [2.05, 4.69) is 46.8 Å². The molecule has 1 aliphatic rings. The van der Waals surface area contributed by atoms with Crippen molar-refractivity contribution in [1.82, 2.24) is 4.90 Å². The van der Waals surface area contributed by atoms with Crippen LogP contribution in [0, 0.1) is 0 Å². The second-order valence-electron chi connectivity index (χ2n) is 5.14. The molecule has 3 nitrogen and oxygen atoms in total. The Balaban J connectivity index is 2.09. The van der Waals surface area contributed by atoms with Crippen molar-refractivity contribution in [2.45, 2.75) is 39.5 Å².